The predicted molar refractivity (Wildman–Crippen MR) is 98.2 cm³/mol. The number of halogens is 1. The minimum Gasteiger partial charge on any atom is -0.455 e. The Morgan fingerprint density at radius 3 is 2.30 bits per heavy atom. The molecule has 1 aromatic carbocycles. The number of ether oxygens (including phenoxy) is 1. The quantitative estimate of drug-likeness (QED) is 0.578. The van der Waals surface area contributed by atoms with Gasteiger partial charge in [-0.2, -0.15) is 0 Å². The highest BCUT2D eigenvalue weighted by atomic mass is 79.9. The van der Waals surface area contributed by atoms with Gasteiger partial charge in [0.05, 0.1) is 5.92 Å². The molecule has 0 heterocycles. The lowest BCUT2D eigenvalue weighted by Gasteiger charge is -2.33. The summed E-state index contributed by atoms with van der Waals surface area (Å²) in [6.45, 7) is 8.53. The molecule has 0 bridgehead atoms. The Kier molecular flexibility index (Phi) is 6.30. The second kappa shape index (κ2) is 7.83. The first-order valence-electron chi connectivity index (χ1n) is 8.82. The van der Waals surface area contributed by atoms with Gasteiger partial charge in [0, 0.05) is 4.47 Å². The zero-order valence-electron chi connectivity index (χ0n) is 14.8. The Bertz CT molecular complexity index is 513. The molecule has 0 saturated heterocycles. The molecule has 23 heavy (non-hydrogen) atoms. The van der Waals surface area contributed by atoms with Crippen LogP contribution < -0.4 is 0 Å². The number of carbonyl (C=O) groups excluding carboxylic acids is 1. The maximum Gasteiger partial charge on any atom is 0.309 e. The summed E-state index contributed by atoms with van der Waals surface area (Å²) < 4.78 is 6.91. The second-order valence-corrected chi connectivity index (χ2v) is 8.35. The molecule has 1 saturated carbocycles. The van der Waals surface area contributed by atoms with Crippen molar-refractivity contribution in [1.82, 2.24) is 0 Å². The molecule has 0 amide bonds. The van der Waals surface area contributed by atoms with Crippen LogP contribution in [0.15, 0.2) is 28.7 Å². The van der Waals surface area contributed by atoms with Gasteiger partial charge in [-0.3, -0.25) is 4.79 Å². The van der Waals surface area contributed by atoms with Gasteiger partial charge >= 0.3 is 5.97 Å². The van der Waals surface area contributed by atoms with Crippen molar-refractivity contribution in [2.45, 2.75) is 65.4 Å². The van der Waals surface area contributed by atoms with E-state index in [0.29, 0.717) is 0 Å². The van der Waals surface area contributed by atoms with Crippen LogP contribution in [0.2, 0.25) is 0 Å². The molecule has 2 rings (SSSR count). The third kappa shape index (κ3) is 4.82. The molecule has 1 aromatic rings. The number of hydrogen-bond acceptors (Lipinski definition) is 2. The highest BCUT2D eigenvalue weighted by Crippen LogP contribution is 2.36. The molecule has 0 aromatic heterocycles. The third-order valence-corrected chi connectivity index (χ3v) is 5.98. The first-order chi connectivity index (χ1) is 10.8. The Hall–Kier alpha value is -0.830. The monoisotopic (exact) mass is 380 g/mol. The lowest BCUT2D eigenvalue weighted by atomic mass is 9.75. The van der Waals surface area contributed by atoms with Crippen LogP contribution in [0.5, 0.6) is 0 Å². The van der Waals surface area contributed by atoms with Crippen LogP contribution in [0.3, 0.4) is 0 Å². The number of benzene rings is 1. The molecule has 0 aliphatic heterocycles. The van der Waals surface area contributed by atoms with E-state index in [1.54, 1.807) is 0 Å². The average molecular weight is 381 g/mol. The molecule has 0 radical (unpaired) electrons. The van der Waals surface area contributed by atoms with E-state index in [1.807, 2.05) is 38.1 Å². The van der Waals surface area contributed by atoms with Gasteiger partial charge in [-0.25, -0.2) is 0 Å². The van der Waals surface area contributed by atoms with E-state index in [1.165, 1.54) is 6.42 Å². The van der Waals surface area contributed by atoms with Crippen LogP contribution in [0.1, 0.15) is 65.4 Å². The summed E-state index contributed by atoms with van der Waals surface area (Å²) in [5.41, 5.74) is 0.452. The Balaban J connectivity index is 1.93. The second-order valence-electron chi connectivity index (χ2n) is 7.44. The Labute approximate surface area is 149 Å². The molecule has 128 valence electrons. The van der Waals surface area contributed by atoms with Crippen LogP contribution in [-0.4, -0.2) is 5.97 Å². The molecule has 1 fully saturated rings. The number of rotatable bonds is 5. The molecule has 0 spiro atoms. The van der Waals surface area contributed by atoms with E-state index in [0.717, 1.165) is 47.6 Å². The minimum atomic E-state index is -0.578. The van der Waals surface area contributed by atoms with Crippen LogP contribution in [-0.2, 0) is 15.1 Å². The first kappa shape index (κ1) is 18.5. The van der Waals surface area contributed by atoms with Crippen molar-refractivity contribution < 1.29 is 9.53 Å². The maximum atomic E-state index is 12.6. The van der Waals surface area contributed by atoms with Gasteiger partial charge in [-0.05, 0) is 69.1 Å². The minimum absolute atomic E-state index is 0.0273. The van der Waals surface area contributed by atoms with E-state index in [9.17, 15) is 4.79 Å². The van der Waals surface area contributed by atoms with Crippen molar-refractivity contribution in [3.8, 4) is 0 Å². The van der Waals surface area contributed by atoms with Gasteiger partial charge in [0.15, 0.2) is 0 Å². The smallest absolute Gasteiger partial charge is 0.309 e. The summed E-state index contributed by atoms with van der Waals surface area (Å²) in [5.74, 6) is 1.60. The first-order valence-corrected chi connectivity index (χ1v) is 9.61. The summed E-state index contributed by atoms with van der Waals surface area (Å²) in [7, 11) is 0. The highest BCUT2D eigenvalue weighted by Gasteiger charge is 2.33. The molecule has 1 aliphatic rings. The summed E-state index contributed by atoms with van der Waals surface area (Å²) in [6, 6.07) is 8.00. The van der Waals surface area contributed by atoms with Crippen molar-refractivity contribution in [1.29, 1.82) is 0 Å². The van der Waals surface area contributed by atoms with Crippen molar-refractivity contribution in [3.05, 3.63) is 34.3 Å². The van der Waals surface area contributed by atoms with Crippen LogP contribution >= 0.6 is 15.9 Å². The molecule has 1 unspecified atom stereocenters. The molecule has 2 nitrogen and oxygen atoms in total. The van der Waals surface area contributed by atoms with Crippen molar-refractivity contribution >= 4 is 21.9 Å². The summed E-state index contributed by atoms with van der Waals surface area (Å²) in [4.78, 5) is 12.6. The fraction of sp³-hybridized carbons (Fsp3) is 0.650. The highest BCUT2D eigenvalue weighted by molar-refractivity contribution is 9.10. The largest absolute Gasteiger partial charge is 0.455 e. The Morgan fingerprint density at radius 1 is 1.22 bits per heavy atom. The molecule has 3 heteroatoms. The lowest BCUT2D eigenvalue weighted by molar-refractivity contribution is -0.164. The molecule has 0 N–H and O–H groups in total. The fourth-order valence-corrected chi connectivity index (χ4v) is 3.77. The predicted octanol–water partition coefficient (Wildman–Crippen LogP) is 6.08. The van der Waals surface area contributed by atoms with Gasteiger partial charge in [0.25, 0.3) is 0 Å². The zero-order valence-corrected chi connectivity index (χ0v) is 16.4. The van der Waals surface area contributed by atoms with Gasteiger partial charge in [-0.15, -0.1) is 0 Å². The summed E-state index contributed by atoms with van der Waals surface area (Å²) in [5, 5.41) is 0. The van der Waals surface area contributed by atoms with E-state index in [4.69, 9.17) is 4.74 Å². The molecular weight excluding hydrogens is 352 g/mol. The third-order valence-electron chi connectivity index (χ3n) is 5.45. The zero-order chi connectivity index (χ0) is 17.0. The van der Waals surface area contributed by atoms with E-state index >= 15 is 0 Å². The number of esters is 1. The summed E-state index contributed by atoms with van der Waals surface area (Å²) in [6.07, 6.45) is 5.51. The normalized spacial score (nSPS) is 23.3. The molecular formula is C20H29BrO2. The topological polar surface area (TPSA) is 26.3 Å². The van der Waals surface area contributed by atoms with Gasteiger partial charge in [0.1, 0.15) is 5.60 Å². The van der Waals surface area contributed by atoms with Crippen LogP contribution in [0.25, 0.3) is 0 Å². The standard InChI is InChI=1S/C20H29BrO2/c1-5-14(2)15-6-8-16(9-7-15)19(22)23-20(3,4)17-10-12-18(21)13-11-17/h10-16H,5-9H2,1-4H3. The van der Waals surface area contributed by atoms with Crippen molar-refractivity contribution in [2.75, 3.05) is 0 Å². The van der Waals surface area contributed by atoms with Crippen LogP contribution in [0.4, 0.5) is 0 Å². The maximum absolute atomic E-state index is 12.6. The Morgan fingerprint density at radius 2 is 1.78 bits per heavy atom. The summed E-state index contributed by atoms with van der Waals surface area (Å²) >= 11 is 3.44. The van der Waals surface area contributed by atoms with E-state index in [2.05, 4.69) is 29.8 Å². The van der Waals surface area contributed by atoms with Gasteiger partial charge < -0.3 is 4.74 Å². The van der Waals surface area contributed by atoms with Crippen molar-refractivity contribution in [2.24, 2.45) is 17.8 Å². The van der Waals surface area contributed by atoms with E-state index in [-0.39, 0.29) is 11.9 Å². The van der Waals surface area contributed by atoms with Gasteiger partial charge in [0.2, 0.25) is 0 Å². The lowest BCUT2D eigenvalue weighted by Crippen LogP contribution is -2.32. The van der Waals surface area contributed by atoms with Crippen LogP contribution in [0, 0.1) is 17.8 Å². The van der Waals surface area contributed by atoms with Gasteiger partial charge in [-0.1, -0.05) is 48.3 Å². The molecule has 1 aliphatic carbocycles. The van der Waals surface area contributed by atoms with Crippen molar-refractivity contribution in [3.63, 3.8) is 0 Å². The molecule has 1 atom stereocenters. The SMILES string of the molecule is CCC(C)C1CCC(C(=O)OC(C)(C)c2ccc(Br)cc2)CC1. The number of carbonyl (C=O) groups is 1. The fourth-order valence-electron chi connectivity index (χ4n) is 3.50. The average Bonchev–Trinajstić information content (AvgIpc) is 2.54. The number of hydrogen-bond donors (Lipinski definition) is 0. The van der Waals surface area contributed by atoms with E-state index < -0.39 is 5.60 Å².